The number of hydrogen-bond donors (Lipinski definition) is 4. The molecular formula is C24H30O4. The van der Waals surface area contributed by atoms with Crippen molar-refractivity contribution >= 4 is 0 Å². The standard InChI is InChI=1S/C24H30O4/c1-15(2)5-8-19-11-17(12-23(27)24(19)28)7-9-18-13-20(25)14-22(26)21(18)10-6-16(3)4/h5-6,11-14,25-28H,7-10H2,1-4H3. The van der Waals surface area contributed by atoms with E-state index in [1.54, 1.807) is 12.1 Å². The van der Waals surface area contributed by atoms with E-state index >= 15 is 0 Å². The molecule has 4 heteroatoms. The van der Waals surface area contributed by atoms with Crippen molar-refractivity contribution in [2.45, 2.75) is 53.4 Å². The van der Waals surface area contributed by atoms with Crippen LogP contribution in [0.15, 0.2) is 47.6 Å². The molecule has 2 aromatic carbocycles. The van der Waals surface area contributed by atoms with E-state index in [9.17, 15) is 20.4 Å². The summed E-state index contributed by atoms with van der Waals surface area (Å²) in [5, 5.41) is 40.3. The third-order valence-electron chi connectivity index (χ3n) is 4.66. The Labute approximate surface area is 167 Å². The fourth-order valence-corrected chi connectivity index (χ4v) is 3.10. The Morgan fingerprint density at radius 3 is 2.00 bits per heavy atom. The van der Waals surface area contributed by atoms with Crippen molar-refractivity contribution in [2.75, 3.05) is 0 Å². The van der Waals surface area contributed by atoms with Gasteiger partial charge in [-0.2, -0.15) is 0 Å². The Bertz CT molecular complexity index is 899. The smallest absolute Gasteiger partial charge is 0.161 e. The molecule has 2 rings (SSSR count). The van der Waals surface area contributed by atoms with Crippen molar-refractivity contribution in [3.8, 4) is 23.0 Å². The summed E-state index contributed by atoms with van der Waals surface area (Å²) in [6, 6.07) is 6.51. The van der Waals surface area contributed by atoms with Crippen LogP contribution in [0, 0.1) is 0 Å². The zero-order valence-corrected chi connectivity index (χ0v) is 17.1. The van der Waals surface area contributed by atoms with Crippen LogP contribution in [0.1, 0.15) is 49.9 Å². The molecule has 4 N–H and O–H groups in total. The molecule has 0 fully saturated rings. The maximum atomic E-state index is 10.3. The SMILES string of the molecule is CC(C)=CCc1cc(CCc2cc(O)cc(O)c2CC=C(C)C)cc(O)c1O. The molecule has 0 bridgehead atoms. The van der Waals surface area contributed by atoms with Crippen molar-refractivity contribution in [3.63, 3.8) is 0 Å². The number of phenols is 4. The first-order chi connectivity index (χ1) is 13.2. The monoisotopic (exact) mass is 382 g/mol. The third kappa shape index (κ3) is 5.81. The molecule has 0 aliphatic rings. The van der Waals surface area contributed by atoms with Crippen LogP contribution >= 0.6 is 0 Å². The number of aryl methyl sites for hydroxylation is 2. The van der Waals surface area contributed by atoms with Crippen LogP contribution in [0.2, 0.25) is 0 Å². The van der Waals surface area contributed by atoms with Crippen molar-refractivity contribution < 1.29 is 20.4 Å². The number of benzene rings is 2. The van der Waals surface area contributed by atoms with Crippen LogP contribution < -0.4 is 0 Å². The quantitative estimate of drug-likeness (QED) is 0.386. The van der Waals surface area contributed by atoms with Gasteiger partial charge >= 0.3 is 0 Å². The normalized spacial score (nSPS) is 10.6. The van der Waals surface area contributed by atoms with E-state index < -0.39 is 0 Å². The molecule has 0 amide bonds. The summed E-state index contributed by atoms with van der Waals surface area (Å²) in [5.74, 6) is -0.0878. The molecule has 0 radical (unpaired) electrons. The first-order valence-electron chi connectivity index (χ1n) is 9.51. The van der Waals surface area contributed by atoms with Crippen molar-refractivity contribution in [3.05, 3.63) is 69.8 Å². The summed E-state index contributed by atoms with van der Waals surface area (Å²) < 4.78 is 0. The average molecular weight is 383 g/mol. The van der Waals surface area contributed by atoms with Gasteiger partial charge in [-0.1, -0.05) is 29.4 Å². The number of allylic oxidation sites excluding steroid dienone is 4. The average Bonchev–Trinajstić information content (AvgIpc) is 2.60. The minimum absolute atomic E-state index is 0.0336. The molecule has 4 nitrogen and oxygen atoms in total. The van der Waals surface area contributed by atoms with Crippen LogP contribution in [0.25, 0.3) is 0 Å². The maximum absolute atomic E-state index is 10.3. The molecule has 0 unspecified atom stereocenters. The largest absolute Gasteiger partial charge is 0.508 e. The van der Waals surface area contributed by atoms with Crippen molar-refractivity contribution in [2.24, 2.45) is 0 Å². The minimum Gasteiger partial charge on any atom is -0.508 e. The van der Waals surface area contributed by atoms with Gasteiger partial charge in [0.25, 0.3) is 0 Å². The van der Waals surface area contributed by atoms with Gasteiger partial charge in [0.1, 0.15) is 11.5 Å². The predicted octanol–water partition coefficient (Wildman–Crippen LogP) is 5.31. The van der Waals surface area contributed by atoms with Gasteiger partial charge in [0.2, 0.25) is 0 Å². The lowest BCUT2D eigenvalue weighted by Gasteiger charge is -2.13. The number of rotatable bonds is 7. The van der Waals surface area contributed by atoms with E-state index in [0.717, 1.165) is 27.8 Å². The highest BCUT2D eigenvalue weighted by Gasteiger charge is 2.12. The zero-order chi connectivity index (χ0) is 20.8. The molecule has 0 saturated carbocycles. The van der Waals surface area contributed by atoms with E-state index in [0.29, 0.717) is 31.2 Å². The van der Waals surface area contributed by atoms with Crippen LogP contribution in [0.3, 0.4) is 0 Å². The fourth-order valence-electron chi connectivity index (χ4n) is 3.10. The van der Waals surface area contributed by atoms with E-state index in [1.807, 2.05) is 45.9 Å². The van der Waals surface area contributed by atoms with E-state index in [-0.39, 0.29) is 23.0 Å². The highest BCUT2D eigenvalue weighted by atomic mass is 16.3. The van der Waals surface area contributed by atoms with Gasteiger partial charge in [0.05, 0.1) is 0 Å². The number of hydrogen-bond acceptors (Lipinski definition) is 4. The highest BCUT2D eigenvalue weighted by Crippen LogP contribution is 2.33. The summed E-state index contributed by atoms with van der Waals surface area (Å²) in [6.07, 6.45) is 6.40. The van der Waals surface area contributed by atoms with Gasteiger partial charge in [-0.25, -0.2) is 0 Å². The lowest BCUT2D eigenvalue weighted by Crippen LogP contribution is -1.99. The zero-order valence-electron chi connectivity index (χ0n) is 17.1. The summed E-state index contributed by atoms with van der Waals surface area (Å²) in [4.78, 5) is 0. The second-order valence-corrected chi connectivity index (χ2v) is 7.70. The molecule has 0 spiro atoms. The van der Waals surface area contributed by atoms with Crippen molar-refractivity contribution in [1.29, 1.82) is 0 Å². The Hall–Kier alpha value is -2.88. The van der Waals surface area contributed by atoms with Crippen LogP contribution in [0.4, 0.5) is 0 Å². The van der Waals surface area contributed by atoms with Gasteiger partial charge in [-0.3, -0.25) is 0 Å². The van der Waals surface area contributed by atoms with Gasteiger partial charge in [0.15, 0.2) is 11.5 Å². The first-order valence-corrected chi connectivity index (χ1v) is 9.51. The molecule has 0 saturated heterocycles. The molecule has 0 heterocycles. The first kappa shape index (κ1) is 21.4. The lowest BCUT2D eigenvalue weighted by molar-refractivity contribution is 0.399. The second-order valence-electron chi connectivity index (χ2n) is 7.70. The Morgan fingerprint density at radius 2 is 1.36 bits per heavy atom. The summed E-state index contributed by atoms with van der Waals surface area (Å²) in [7, 11) is 0. The second kappa shape index (κ2) is 9.36. The maximum Gasteiger partial charge on any atom is 0.161 e. The topological polar surface area (TPSA) is 80.9 Å². The molecule has 0 aliphatic heterocycles. The van der Waals surface area contributed by atoms with E-state index in [4.69, 9.17) is 0 Å². The fraction of sp³-hybridized carbons (Fsp3) is 0.333. The summed E-state index contributed by atoms with van der Waals surface area (Å²) in [6.45, 7) is 7.99. The Kier molecular flexibility index (Phi) is 7.16. The molecular weight excluding hydrogens is 352 g/mol. The van der Waals surface area contributed by atoms with Gasteiger partial charge in [0, 0.05) is 17.2 Å². The molecule has 2 aromatic rings. The molecule has 0 aliphatic carbocycles. The summed E-state index contributed by atoms with van der Waals surface area (Å²) >= 11 is 0. The number of aromatic hydroxyl groups is 4. The Morgan fingerprint density at radius 1 is 0.714 bits per heavy atom. The van der Waals surface area contributed by atoms with Crippen molar-refractivity contribution in [1.82, 2.24) is 0 Å². The van der Waals surface area contributed by atoms with E-state index in [1.165, 1.54) is 6.07 Å². The molecule has 150 valence electrons. The van der Waals surface area contributed by atoms with Crippen LogP contribution in [-0.4, -0.2) is 20.4 Å². The van der Waals surface area contributed by atoms with Crippen LogP contribution in [0.5, 0.6) is 23.0 Å². The van der Waals surface area contributed by atoms with Crippen LogP contribution in [-0.2, 0) is 25.7 Å². The van der Waals surface area contributed by atoms with Gasteiger partial charge < -0.3 is 20.4 Å². The lowest BCUT2D eigenvalue weighted by atomic mass is 9.95. The molecule has 0 aromatic heterocycles. The summed E-state index contributed by atoms with van der Waals surface area (Å²) in [5.41, 5.74) is 5.54. The third-order valence-corrected chi connectivity index (χ3v) is 4.66. The van der Waals surface area contributed by atoms with Gasteiger partial charge in [-0.05, 0) is 76.6 Å². The highest BCUT2D eigenvalue weighted by molar-refractivity contribution is 5.50. The predicted molar refractivity (Wildman–Crippen MR) is 113 cm³/mol. The minimum atomic E-state index is -0.127. The van der Waals surface area contributed by atoms with Gasteiger partial charge in [-0.15, -0.1) is 0 Å². The molecule has 0 atom stereocenters. The van der Waals surface area contributed by atoms with E-state index in [2.05, 4.69) is 0 Å². The number of phenolic OH excluding ortho intramolecular Hbond substituents is 4. The molecule has 28 heavy (non-hydrogen) atoms. The Balaban J connectivity index is 2.28.